The number of likely N-dealkylation sites (N-methyl/N-ethyl adjacent to an activating group) is 1. The molecule has 1 aromatic heterocycles. The summed E-state index contributed by atoms with van der Waals surface area (Å²) in [5.41, 5.74) is 4.26. The predicted molar refractivity (Wildman–Crippen MR) is 104 cm³/mol. The summed E-state index contributed by atoms with van der Waals surface area (Å²) >= 11 is 0. The average molecular weight is 352 g/mol. The van der Waals surface area contributed by atoms with Gasteiger partial charge in [-0.2, -0.15) is 0 Å². The highest BCUT2D eigenvalue weighted by Crippen LogP contribution is 2.24. The zero-order chi connectivity index (χ0) is 17.9. The molecule has 1 fully saturated rings. The highest BCUT2D eigenvalue weighted by Gasteiger charge is 2.19. The van der Waals surface area contributed by atoms with Gasteiger partial charge in [-0.25, -0.2) is 4.98 Å². The van der Waals surface area contributed by atoms with Crippen molar-refractivity contribution in [3.05, 3.63) is 51.4 Å². The molecule has 2 heterocycles. The Labute approximate surface area is 155 Å². The molecule has 1 aliphatic carbocycles. The van der Waals surface area contributed by atoms with Crippen LogP contribution in [0.3, 0.4) is 0 Å². The molecule has 1 N–H and O–H groups in total. The molecule has 1 aliphatic heterocycles. The molecule has 26 heavy (non-hydrogen) atoms. The van der Waals surface area contributed by atoms with Crippen LogP contribution in [0.4, 0.5) is 0 Å². The molecule has 4 rings (SSSR count). The van der Waals surface area contributed by atoms with Crippen LogP contribution in [-0.4, -0.2) is 53.0 Å². The maximum Gasteiger partial charge on any atom is 0.254 e. The molecule has 0 bridgehead atoms. The Hall–Kier alpha value is -1.98. The fraction of sp³-hybridized carbons (Fsp3) is 0.524. The van der Waals surface area contributed by atoms with Crippen molar-refractivity contribution in [1.82, 2.24) is 19.8 Å². The van der Waals surface area contributed by atoms with E-state index in [1.165, 1.54) is 12.0 Å². The van der Waals surface area contributed by atoms with Crippen LogP contribution in [0.25, 0.3) is 11.4 Å². The van der Waals surface area contributed by atoms with E-state index in [1.54, 1.807) is 0 Å². The van der Waals surface area contributed by atoms with E-state index in [2.05, 4.69) is 40.0 Å². The summed E-state index contributed by atoms with van der Waals surface area (Å²) in [6, 6.07) is 8.38. The SMILES string of the molecule is CN1CCCN(Cc2ccccc2-c2nc3c(c(=O)[nH]2)CCCC3)CC1. The third-order valence-corrected chi connectivity index (χ3v) is 5.67. The average Bonchev–Trinajstić information content (AvgIpc) is 2.86. The number of aromatic nitrogens is 2. The quantitative estimate of drug-likeness (QED) is 0.922. The molecule has 0 atom stereocenters. The van der Waals surface area contributed by atoms with E-state index in [9.17, 15) is 4.79 Å². The van der Waals surface area contributed by atoms with Gasteiger partial charge in [-0.05, 0) is 57.8 Å². The van der Waals surface area contributed by atoms with Crippen LogP contribution in [0.2, 0.25) is 0 Å². The Balaban J connectivity index is 1.64. The molecule has 1 saturated heterocycles. The van der Waals surface area contributed by atoms with E-state index in [-0.39, 0.29) is 5.56 Å². The molecule has 5 nitrogen and oxygen atoms in total. The highest BCUT2D eigenvalue weighted by molar-refractivity contribution is 5.60. The summed E-state index contributed by atoms with van der Waals surface area (Å²) in [6.07, 6.45) is 5.21. The number of nitrogens with one attached hydrogen (secondary N) is 1. The van der Waals surface area contributed by atoms with Gasteiger partial charge >= 0.3 is 0 Å². The van der Waals surface area contributed by atoms with Crippen molar-refractivity contribution >= 4 is 0 Å². The lowest BCUT2D eigenvalue weighted by molar-refractivity contribution is 0.269. The maximum absolute atomic E-state index is 12.5. The molecule has 0 spiro atoms. The molecule has 0 unspecified atom stereocenters. The fourth-order valence-electron chi connectivity index (χ4n) is 4.12. The van der Waals surface area contributed by atoms with Crippen LogP contribution >= 0.6 is 0 Å². The van der Waals surface area contributed by atoms with Crippen molar-refractivity contribution < 1.29 is 0 Å². The number of aryl methyl sites for hydroxylation is 1. The Morgan fingerprint density at radius 3 is 2.81 bits per heavy atom. The van der Waals surface area contributed by atoms with Crippen molar-refractivity contribution in [3.8, 4) is 11.4 Å². The third-order valence-electron chi connectivity index (χ3n) is 5.67. The Morgan fingerprint density at radius 1 is 1.04 bits per heavy atom. The first-order valence-corrected chi connectivity index (χ1v) is 9.82. The largest absolute Gasteiger partial charge is 0.306 e. The van der Waals surface area contributed by atoms with E-state index >= 15 is 0 Å². The Morgan fingerprint density at radius 2 is 1.88 bits per heavy atom. The van der Waals surface area contributed by atoms with Gasteiger partial charge in [0.05, 0.1) is 5.69 Å². The van der Waals surface area contributed by atoms with E-state index in [1.807, 2.05) is 6.07 Å². The van der Waals surface area contributed by atoms with Gasteiger partial charge in [0.25, 0.3) is 5.56 Å². The molecule has 2 aliphatic rings. The summed E-state index contributed by atoms with van der Waals surface area (Å²) in [4.78, 5) is 25.3. The molecule has 1 aromatic carbocycles. The minimum Gasteiger partial charge on any atom is -0.306 e. The summed E-state index contributed by atoms with van der Waals surface area (Å²) in [6.45, 7) is 5.38. The number of aromatic amines is 1. The first kappa shape index (κ1) is 17.4. The number of nitrogens with zero attached hydrogens (tertiary/aromatic N) is 3. The smallest absolute Gasteiger partial charge is 0.254 e. The van der Waals surface area contributed by atoms with Crippen molar-refractivity contribution in [2.24, 2.45) is 0 Å². The predicted octanol–water partition coefficient (Wildman–Crippen LogP) is 2.45. The van der Waals surface area contributed by atoms with Crippen LogP contribution in [0.1, 0.15) is 36.1 Å². The van der Waals surface area contributed by atoms with Crippen molar-refractivity contribution in [1.29, 1.82) is 0 Å². The van der Waals surface area contributed by atoms with Gasteiger partial charge in [-0.3, -0.25) is 9.69 Å². The minimum absolute atomic E-state index is 0.0518. The lowest BCUT2D eigenvalue weighted by atomic mass is 9.96. The molecular weight excluding hydrogens is 324 g/mol. The Kier molecular flexibility index (Phi) is 5.18. The van der Waals surface area contributed by atoms with Crippen molar-refractivity contribution in [3.63, 3.8) is 0 Å². The highest BCUT2D eigenvalue weighted by atomic mass is 16.1. The number of fused-ring (bicyclic) bond motifs is 1. The maximum atomic E-state index is 12.5. The van der Waals surface area contributed by atoms with E-state index in [4.69, 9.17) is 4.98 Å². The van der Waals surface area contributed by atoms with Crippen LogP contribution in [0, 0.1) is 0 Å². The summed E-state index contributed by atoms with van der Waals surface area (Å²) < 4.78 is 0. The number of H-pyrrole nitrogens is 1. The molecule has 0 radical (unpaired) electrons. The number of hydrogen-bond acceptors (Lipinski definition) is 4. The van der Waals surface area contributed by atoms with Gasteiger partial charge in [-0.1, -0.05) is 24.3 Å². The minimum atomic E-state index is 0.0518. The second kappa shape index (κ2) is 7.72. The first-order chi connectivity index (χ1) is 12.7. The standard InChI is InChI=1S/C21H28N4O/c1-24-11-6-12-25(14-13-24)15-16-7-2-3-8-17(16)20-22-19-10-5-4-9-18(19)21(26)23-20/h2-3,7-8H,4-6,9-15H2,1H3,(H,22,23,26). The van der Waals surface area contributed by atoms with Gasteiger partial charge in [0.1, 0.15) is 5.82 Å². The summed E-state index contributed by atoms with van der Waals surface area (Å²) in [5, 5.41) is 0. The second-order valence-electron chi connectivity index (χ2n) is 7.64. The van der Waals surface area contributed by atoms with E-state index in [0.717, 1.165) is 81.1 Å². The van der Waals surface area contributed by atoms with Gasteiger partial charge in [0.2, 0.25) is 0 Å². The number of benzene rings is 1. The zero-order valence-corrected chi connectivity index (χ0v) is 15.6. The number of hydrogen-bond donors (Lipinski definition) is 1. The lowest BCUT2D eigenvalue weighted by Gasteiger charge is -2.22. The van der Waals surface area contributed by atoms with Crippen molar-refractivity contribution in [2.75, 3.05) is 33.2 Å². The number of rotatable bonds is 3. The van der Waals surface area contributed by atoms with Crippen LogP contribution in [0.5, 0.6) is 0 Å². The van der Waals surface area contributed by atoms with Gasteiger partial charge in [0, 0.05) is 30.8 Å². The fourth-order valence-corrected chi connectivity index (χ4v) is 4.12. The molecule has 138 valence electrons. The lowest BCUT2D eigenvalue weighted by Crippen LogP contribution is -2.29. The zero-order valence-electron chi connectivity index (χ0n) is 15.6. The van der Waals surface area contributed by atoms with E-state index < -0.39 is 0 Å². The van der Waals surface area contributed by atoms with E-state index in [0.29, 0.717) is 0 Å². The summed E-state index contributed by atoms with van der Waals surface area (Å²) in [5.74, 6) is 0.734. The van der Waals surface area contributed by atoms with Gasteiger partial charge in [-0.15, -0.1) is 0 Å². The van der Waals surface area contributed by atoms with Gasteiger partial charge < -0.3 is 9.88 Å². The second-order valence-corrected chi connectivity index (χ2v) is 7.64. The molecule has 0 amide bonds. The van der Waals surface area contributed by atoms with Crippen LogP contribution in [0.15, 0.2) is 29.1 Å². The van der Waals surface area contributed by atoms with Gasteiger partial charge in [0.15, 0.2) is 0 Å². The molecule has 2 aromatic rings. The topological polar surface area (TPSA) is 52.2 Å². The third kappa shape index (κ3) is 3.74. The first-order valence-electron chi connectivity index (χ1n) is 9.82. The van der Waals surface area contributed by atoms with Crippen LogP contribution in [-0.2, 0) is 19.4 Å². The Bertz CT molecular complexity index is 829. The molecule has 5 heteroatoms. The monoisotopic (exact) mass is 352 g/mol. The van der Waals surface area contributed by atoms with Crippen LogP contribution < -0.4 is 5.56 Å². The molecular formula is C21H28N4O. The normalized spacial score (nSPS) is 19.1. The summed E-state index contributed by atoms with van der Waals surface area (Å²) in [7, 11) is 2.19. The van der Waals surface area contributed by atoms with Crippen molar-refractivity contribution in [2.45, 2.75) is 38.6 Å². The molecule has 0 saturated carbocycles.